The molecule has 4 heterocycles. The van der Waals surface area contributed by atoms with Crippen LogP contribution in [0.15, 0.2) is 22.0 Å². The molecule has 0 aliphatic carbocycles. The lowest BCUT2D eigenvalue weighted by molar-refractivity contribution is 0.00167. The third-order valence-electron chi connectivity index (χ3n) is 5.25. The molecule has 2 aromatic heterocycles. The Bertz CT molecular complexity index is 916. The molecule has 2 aromatic rings. The summed E-state index contributed by atoms with van der Waals surface area (Å²) in [6.07, 6.45) is 0. The monoisotopic (exact) mass is 396 g/mol. The molecule has 0 bridgehead atoms. The van der Waals surface area contributed by atoms with E-state index in [0.717, 1.165) is 0 Å². The number of thiophene rings is 1. The van der Waals surface area contributed by atoms with Gasteiger partial charge in [-0.15, -0.1) is 11.3 Å². The predicted molar refractivity (Wildman–Crippen MR) is 95.5 cm³/mol. The molecule has 2 aliphatic rings. The molecule has 10 heteroatoms. The molecule has 2 fully saturated rings. The molecule has 1 atom stereocenters. The van der Waals surface area contributed by atoms with Gasteiger partial charge in [-0.2, -0.15) is 4.98 Å². The summed E-state index contributed by atoms with van der Waals surface area (Å²) in [5, 5.41) is 5.73. The molecule has 0 aromatic carbocycles. The highest BCUT2D eigenvalue weighted by Gasteiger charge is 2.59. The summed E-state index contributed by atoms with van der Waals surface area (Å²) in [4.78, 5) is 19.4. The molecule has 2 aliphatic heterocycles. The summed E-state index contributed by atoms with van der Waals surface area (Å²) in [6, 6.07) is 3.65. The molecule has 1 unspecified atom stereocenters. The van der Waals surface area contributed by atoms with Gasteiger partial charge in [0.2, 0.25) is 15.9 Å². The zero-order valence-corrected chi connectivity index (χ0v) is 16.2. The molecule has 0 radical (unpaired) electrons. The fourth-order valence-electron chi connectivity index (χ4n) is 3.85. The number of aryl methyl sites for hydroxylation is 1. The van der Waals surface area contributed by atoms with Gasteiger partial charge in [-0.3, -0.25) is 4.79 Å². The van der Waals surface area contributed by atoms with Crippen LogP contribution in [-0.2, 0) is 10.0 Å². The lowest BCUT2D eigenvalue weighted by atomic mass is 9.71. The van der Waals surface area contributed by atoms with Crippen molar-refractivity contribution in [2.75, 3.05) is 31.9 Å². The highest BCUT2D eigenvalue weighted by Crippen LogP contribution is 2.49. The van der Waals surface area contributed by atoms with E-state index in [2.05, 4.69) is 10.1 Å². The Kier molecular flexibility index (Phi) is 4.16. The Morgan fingerprint density at radius 3 is 2.77 bits per heavy atom. The SMILES string of the molecule is CCS(=O)(=O)N1CC(c2nc(C)no2)C2(CN(C(=O)c3cccs3)C2)C1. The molecule has 4 rings (SSSR count). The zero-order chi connectivity index (χ0) is 18.5. The first-order valence-corrected chi connectivity index (χ1v) is 10.9. The number of carbonyl (C=O) groups excluding carboxylic acids is 1. The van der Waals surface area contributed by atoms with Crippen molar-refractivity contribution in [1.29, 1.82) is 0 Å². The number of nitrogens with zero attached hydrogens (tertiary/aromatic N) is 4. The van der Waals surface area contributed by atoms with Gasteiger partial charge in [0.1, 0.15) is 0 Å². The summed E-state index contributed by atoms with van der Waals surface area (Å²) < 4.78 is 31.7. The van der Waals surface area contributed by atoms with E-state index in [1.807, 2.05) is 11.4 Å². The van der Waals surface area contributed by atoms with E-state index in [-0.39, 0.29) is 23.0 Å². The minimum atomic E-state index is -3.32. The predicted octanol–water partition coefficient (Wildman–Crippen LogP) is 1.33. The van der Waals surface area contributed by atoms with Gasteiger partial charge in [0.15, 0.2) is 5.82 Å². The van der Waals surface area contributed by atoms with Crippen LogP contribution < -0.4 is 0 Å². The maximum atomic E-state index is 12.6. The zero-order valence-electron chi connectivity index (χ0n) is 14.6. The standard InChI is InChI=1S/C16H20N4O4S2/c1-3-26(22,23)20-7-12(14-17-11(2)18-24-14)16(10-20)8-19(9-16)15(21)13-5-4-6-25-13/h4-6,12H,3,7-10H2,1-2H3. The van der Waals surface area contributed by atoms with Crippen LogP contribution in [0.1, 0.15) is 34.2 Å². The van der Waals surface area contributed by atoms with Gasteiger partial charge >= 0.3 is 0 Å². The van der Waals surface area contributed by atoms with Crippen LogP contribution >= 0.6 is 11.3 Å². The first-order valence-electron chi connectivity index (χ1n) is 8.45. The first-order chi connectivity index (χ1) is 12.3. The number of likely N-dealkylation sites (tertiary alicyclic amines) is 1. The lowest BCUT2D eigenvalue weighted by Gasteiger charge is -2.50. The van der Waals surface area contributed by atoms with Crippen LogP contribution in [0.2, 0.25) is 0 Å². The van der Waals surface area contributed by atoms with Crippen LogP contribution in [0.5, 0.6) is 0 Å². The fraction of sp³-hybridized carbons (Fsp3) is 0.562. The Labute approximate surface area is 155 Å². The van der Waals surface area contributed by atoms with E-state index in [4.69, 9.17) is 4.52 Å². The highest BCUT2D eigenvalue weighted by molar-refractivity contribution is 7.89. The Morgan fingerprint density at radius 2 is 2.19 bits per heavy atom. The summed E-state index contributed by atoms with van der Waals surface area (Å²) in [5.41, 5.74) is -0.367. The molecule has 0 saturated carbocycles. The highest BCUT2D eigenvalue weighted by atomic mass is 32.2. The molecular weight excluding hydrogens is 376 g/mol. The van der Waals surface area contributed by atoms with Crippen molar-refractivity contribution >= 4 is 27.3 Å². The van der Waals surface area contributed by atoms with Crippen molar-refractivity contribution < 1.29 is 17.7 Å². The normalized spacial score (nSPS) is 22.7. The number of amides is 1. The second-order valence-corrected chi connectivity index (χ2v) is 10.1. The van der Waals surface area contributed by atoms with Gasteiger partial charge < -0.3 is 9.42 Å². The minimum absolute atomic E-state index is 0.0112. The number of hydrogen-bond donors (Lipinski definition) is 0. The third-order valence-corrected chi connectivity index (χ3v) is 7.90. The van der Waals surface area contributed by atoms with Crippen molar-refractivity contribution in [1.82, 2.24) is 19.3 Å². The molecule has 1 spiro atoms. The van der Waals surface area contributed by atoms with Crippen molar-refractivity contribution in [3.05, 3.63) is 34.1 Å². The van der Waals surface area contributed by atoms with E-state index < -0.39 is 10.0 Å². The summed E-state index contributed by atoms with van der Waals surface area (Å²) >= 11 is 1.41. The average molecular weight is 396 g/mol. The van der Waals surface area contributed by atoms with E-state index >= 15 is 0 Å². The molecule has 0 N–H and O–H groups in total. The second-order valence-electron chi connectivity index (χ2n) is 6.93. The topological polar surface area (TPSA) is 96.6 Å². The van der Waals surface area contributed by atoms with Gasteiger partial charge in [0.05, 0.1) is 16.5 Å². The molecule has 8 nitrogen and oxygen atoms in total. The molecule has 26 heavy (non-hydrogen) atoms. The second kappa shape index (κ2) is 6.14. The van der Waals surface area contributed by atoms with E-state index in [9.17, 15) is 13.2 Å². The summed E-state index contributed by atoms with van der Waals surface area (Å²) in [5.74, 6) is 0.828. The van der Waals surface area contributed by atoms with Crippen LogP contribution in [0.25, 0.3) is 0 Å². The lowest BCUT2D eigenvalue weighted by Crippen LogP contribution is -2.61. The minimum Gasteiger partial charge on any atom is -0.339 e. The van der Waals surface area contributed by atoms with Crippen molar-refractivity contribution in [2.24, 2.45) is 5.41 Å². The molecular formula is C16H20N4O4S2. The Morgan fingerprint density at radius 1 is 1.42 bits per heavy atom. The smallest absolute Gasteiger partial charge is 0.263 e. The van der Waals surface area contributed by atoms with Crippen molar-refractivity contribution in [3.8, 4) is 0 Å². The largest absolute Gasteiger partial charge is 0.339 e. The number of rotatable bonds is 4. The van der Waals surface area contributed by atoms with Crippen LogP contribution in [0.4, 0.5) is 0 Å². The molecule has 1 amide bonds. The number of carbonyl (C=O) groups is 1. The summed E-state index contributed by atoms with van der Waals surface area (Å²) in [7, 11) is -3.32. The van der Waals surface area contributed by atoms with Gasteiger partial charge in [0.25, 0.3) is 5.91 Å². The third kappa shape index (κ3) is 2.76. The fourth-order valence-corrected chi connectivity index (χ4v) is 5.73. The van der Waals surface area contributed by atoms with Gasteiger partial charge in [0, 0.05) is 31.6 Å². The average Bonchev–Trinajstić information content (AvgIpc) is 3.31. The number of hydrogen-bond acceptors (Lipinski definition) is 7. The molecule has 140 valence electrons. The van der Waals surface area contributed by atoms with E-state index in [1.54, 1.807) is 24.8 Å². The Balaban J connectivity index is 1.59. The van der Waals surface area contributed by atoms with Gasteiger partial charge in [-0.05, 0) is 25.3 Å². The van der Waals surface area contributed by atoms with Gasteiger partial charge in [-0.1, -0.05) is 11.2 Å². The summed E-state index contributed by atoms with van der Waals surface area (Å²) in [6.45, 7) is 5.06. The van der Waals surface area contributed by atoms with Crippen LogP contribution in [-0.4, -0.2) is 65.6 Å². The van der Waals surface area contributed by atoms with Crippen LogP contribution in [0, 0.1) is 12.3 Å². The van der Waals surface area contributed by atoms with Crippen molar-refractivity contribution in [2.45, 2.75) is 19.8 Å². The van der Waals surface area contributed by atoms with E-state index in [0.29, 0.717) is 42.8 Å². The first kappa shape index (κ1) is 17.6. The Hall–Kier alpha value is -1.78. The van der Waals surface area contributed by atoms with Crippen molar-refractivity contribution in [3.63, 3.8) is 0 Å². The number of aromatic nitrogens is 2. The maximum absolute atomic E-state index is 12.6. The van der Waals surface area contributed by atoms with Gasteiger partial charge in [-0.25, -0.2) is 12.7 Å². The van der Waals surface area contributed by atoms with E-state index in [1.165, 1.54) is 15.6 Å². The molecule has 2 saturated heterocycles. The maximum Gasteiger partial charge on any atom is 0.263 e. The quantitative estimate of drug-likeness (QED) is 0.774. The van der Waals surface area contributed by atoms with Crippen LogP contribution in [0.3, 0.4) is 0 Å². The number of sulfonamides is 1.